The van der Waals surface area contributed by atoms with Crippen LogP contribution in [0, 0.1) is 99.2 Å². The molecule has 632 valence electrons. The topological polar surface area (TPSA) is 16.2 Å². The maximum atomic E-state index is 2.52. The molecule has 0 N–H and O–H groups in total. The molecule has 0 fully saturated rings. The Hall–Kier alpha value is -12.2. The lowest BCUT2D eigenvalue weighted by Gasteiger charge is -2.46. The Morgan fingerprint density at radius 2 is 0.456 bits per heavy atom. The average molecular weight is 1640 g/mol. The van der Waals surface area contributed by atoms with Gasteiger partial charge in [0.2, 0.25) is 0 Å². The third-order valence-corrected chi connectivity index (χ3v) is 28.6. The van der Waals surface area contributed by atoms with Gasteiger partial charge in [0.05, 0.1) is 0 Å². The Bertz CT molecular complexity index is 5850. The molecular weight excluding hydrogens is 1510 g/mol. The number of anilines is 8. The van der Waals surface area contributed by atoms with E-state index in [4.69, 9.17) is 0 Å². The molecule has 5 heteroatoms. The average Bonchev–Trinajstić information content (AvgIpc) is 0.748. The summed E-state index contributed by atoms with van der Waals surface area (Å²) >= 11 is 0. The third kappa shape index (κ3) is 19.7. The van der Waals surface area contributed by atoms with E-state index in [9.17, 15) is 0 Å². The normalized spacial score (nSPS) is 22.4. The van der Waals surface area contributed by atoms with Crippen molar-refractivity contribution in [2.45, 2.75) is 119 Å². The van der Waals surface area contributed by atoms with Crippen LogP contribution < -0.4 is 24.5 Å². The first kappa shape index (κ1) is 85.0. The first-order chi connectivity index (χ1) is 60.8. The molecule has 11 unspecified atom stereocenters. The molecule has 0 spiro atoms. The highest BCUT2D eigenvalue weighted by Gasteiger charge is 2.42. The summed E-state index contributed by atoms with van der Waals surface area (Å²) in [4.78, 5) is 11.5. The van der Waals surface area contributed by atoms with E-state index >= 15 is 0 Å². The summed E-state index contributed by atoms with van der Waals surface area (Å²) in [6.07, 6.45) is 50.6. The lowest BCUT2D eigenvalue weighted by molar-refractivity contribution is 0.188. The van der Waals surface area contributed by atoms with E-state index in [0.29, 0.717) is 64.6 Å². The van der Waals surface area contributed by atoms with Crippen molar-refractivity contribution in [3.63, 3.8) is 0 Å². The molecule has 0 aromatic heterocycles. The standard InChI is InChI=1S/C32H35N.C28H27N.2C22H23N.C16H19N/c1-5-20-32(3)22-24-8-19-31(32)30(21-24)27-13-17-29(18-14-27)33(4)28-15-11-26(12-16-28)25-9-6-23(2)7-10-25;1-20-3-7-22(8-4-20)23-11-15-26(16-12-23)29(2)27-17-13-25(14-18-27)28-19-21-5-9-24(28)10-6-21;1-16-3-11-20(12-4-16)23(2)21-13-9-19(10-14-21)22-15-17-5-7-18(22)8-6-17;1-16-3-7-18(8-4-16)19-11-13-21(14-12-19)23(2)22-15-17-5-9-20(22)10-6-17;1-12-3-9-15(10-4-12)17(2)16-11-13-5-7-14(16)8-6-13/h6-19,21,24,31H,5,20,22H2,1-4H3;3-5,7-9,11-19,21,24H,6,10H2,1-2H3;3-5,7,9-15,17-18H,6,8H2,1-2H3;3-5,7-9,11-15,17,20H,6,10H2,1-2H3;3-5,7,9-11,13-14H,6,8H2,1-2H3. The molecule has 11 aromatic rings. The highest BCUT2D eigenvalue weighted by molar-refractivity contribution is 5.79. The van der Waals surface area contributed by atoms with Crippen molar-refractivity contribution >= 4 is 62.2 Å². The van der Waals surface area contributed by atoms with Crippen molar-refractivity contribution in [1.82, 2.24) is 0 Å². The lowest BCUT2D eigenvalue weighted by atomic mass is 9.58. The molecule has 0 heterocycles. The van der Waals surface area contributed by atoms with Crippen LogP contribution >= 0.6 is 0 Å². The van der Waals surface area contributed by atoms with Crippen LogP contribution in [0.3, 0.4) is 0 Å². The summed E-state index contributed by atoms with van der Waals surface area (Å²) in [7, 11) is 10.8. The van der Waals surface area contributed by atoms with Gasteiger partial charge in [-0.15, -0.1) is 0 Å². The fourth-order valence-electron chi connectivity index (χ4n) is 20.7. The fraction of sp³-hybridized carbons (Fsp3) is 0.283. The monoisotopic (exact) mass is 1640 g/mol. The predicted octanol–water partition coefficient (Wildman–Crippen LogP) is 31.5. The highest BCUT2D eigenvalue weighted by Crippen LogP contribution is 2.55. The number of rotatable bonds is 18. The molecule has 5 nitrogen and oxygen atoms in total. The van der Waals surface area contributed by atoms with Crippen LogP contribution in [-0.4, -0.2) is 35.2 Å². The molecule has 0 saturated carbocycles. The summed E-state index contributed by atoms with van der Waals surface area (Å²) < 4.78 is 0. The van der Waals surface area contributed by atoms with Gasteiger partial charge in [-0.3, -0.25) is 0 Å². The fourth-order valence-corrected chi connectivity index (χ4v) is 20.7. The molecule has 11 atom stereocenters. The van der Waals surface area contributed by atoms with Crippen molar-refractivity contribution in [2.24, 2.45) is 64.6 Å². The van der Waals surface area contributed by atoms with Crippen molar-refractivity contribution in [3.05, 3.63) is 414 Å². The molecule has 0 saturated heterocycles. The van der Waals surface area contributed by atoms with Crippen molar-refractivity contribution in [1.29, 1.82) is 0 Å². The van der Waals surface area contributed by atoms with Crippen LogP contribution in [0.1, 0.15) is 129 Å². The SMILES string of the molecule is CCCC1(C)CC2C=CC1C(c1ccc(N(C)c3ccc(-c4ccc(C)cc4)cc3)cc1)=C2.Cc1ccc(-c2ccc(N(C)C3=CC4C=CC3CC4)cc2)cc1.Cc1ccc(-c2ccc(N(C)c3ccc(C4=CC5C=CC4CC5)cc3)cc2)cc1.Cc1ccc(N(C)C2=CC3C=CC2CC3)cc1.Cc1ccc(N(C)c2ccc(C3=CC4C=CC3CC4)cc2)cc1. The zero-order chi connectivity index (χ0) is 86.2. The van der Waals surface area contributed by atoms with Crippen LogP contribution in [0.5, 0.6) is 0 Å². The largest absolute Gasteiger partial charge is 0.348 e. The second-order valence-corrected chi connectivity index (χ2v) is 37.5. The Kier molecular flexibility index (Phi) is 25.9. The third-order valence-electron chi connectivity index (χ3n) is 28.6. The van der Waals surface area contributed by atoms with Crippen LogP contribution in [0.4, 0.5) is 45.5 Å². The van der Waals surface area contributed by atoms with Crippen LogP contribution in [0.25, 0.3) is 50.1 Å². The molecule has 26 rings (SSSR count). The van der Waals surface area contributed by atoms with Crippen LogP contribution in [0.2, 0.25) is 0 Å². The predicted molar refractivity (Wildman–Crippen MR) is 538 cm³/mol. The van der Waals surface area contributed by atoms with Gasteiger partial charge in [-0.2, -0.15) is 0 Å². The molecule has 125 heavy (non-hydrogen) atoms. The quantitative estimate of drug-likeness (QED) is 0.0794. The van der Waals surface area contributed by atoms with E-state index in [2.05, 4.69) is 466 Å². The minimum atomic E-state index is 0.396. The summed E-state index contributed by atoms with van der Waals surface area (Å²) in [5.41, 5.74) is 36.0. The number of benzene rings is 11. The number of hydrogen-bond donors (Lipinski definition) is 0. The van der Waals surface area contributed by atoms with Gasteiger partial charge in [0.15, 0.2) is 0 Å². The molecule has 0 aliphatic heterocycles. The van der Waals surface area contributed by atoms with Gasteiger partial charge in [0.1, 0.15) is 0 Å². The summed E-state index contributed by atoms with van der Waals surface area (Å²) in [5.74, 6) is 6.21. The van der Waals surface area contributed by atoms with Gasteiger partial charge in [0.25, 0.3) is 0 Å². The maximum absolute atomic E-state index is 2.52. The second-order valence-electron chi connectivity index (χ2n) is 37.5. The van der Waals surface area contributed by atoms with Gasteiger partial charge >= 0.3 is 0 Å². The van der Waals surface area contributed by atoms with Crippen molar-refractivity contribution in [3.8, 4) is 33.4 Å². The van der Waals surface area contributed by atoms with Gasteiger partial charge in [-0.1, -0.05) is 309 Å². The van der Waals surface area contributed by atoms with Gasteiger partial charge in [0, 0.05) is 122 Å². The number of aryl methyl sites for hydroxylation is 5. The summed E-state index contributed by atoms with van der Waals surface area (Å²) in [6, 6.07) is 97.6. The molecule has 0 radical (unpaired) electrons. The van der Waals surface area contributed by atoms with Crippen molar-refractivity contribution in [2.75, 3.05) is 59.7 Å². The first-order valence-corrected chi connectivity index (χ1v) is 46.4. The number of fused-ring (bicyclic) bond motifs is 5. The van der Waals surface area contributed by atoms with E-state index < -0.39 is 0 Å². The van der Waals surface area contributed by atoms with Gasteiger partial charge < -0.3 is 24.5 Å². The van der Waals surface area contributed by atoms with Gasteiger partial charge in [-0.25, -0.2) is 0 Å². The second kappa shape index (κ2) is 38.1. The molecule has 10 bridgehead atoms. The molecule has 15 aliphatic rings. The number of hydrogen-bond acceptors (Lipinski definition) is 5. The van der Waals surface area contributed by atoms with E-state index in [1.165, 1.54) is 222 Å². The minimum Gasteiger partial charge on any atom is -0.348 e. The molecular formula is C120H127N5. The summed E-state index contributed by atoms with van der Waals surface area (Å²) in [6.45, 7) is 15.4. The van der Waals surface area contributed by atoms with Crippen LogP contribution in [0.15, 0.2) is 369 Å². The zero-order valence-electron chi connectivity index (χ0n) is 75.9. The van der Waals surface area contributed by atoms with Gasteiger partial charge in [-0.05, 0) is 298 Å². The number of allylic oxidation sites excluding steroid dienone is 18. The van der Waals surface area contributed by atoms with E-state index in [-0.39, 0.29) is 0 Å². The van der Waals surface area contributed by atoms with E-state index in [1.807, 2.05) is 0 Å². The lowest BCUT2D eigenvalue weighted by Crippen LogP contribution is -2.35. The van der Waals surface area contributed by atoms with E-state index in [1.54, 1.807) is 0 Å². The van der Waals surface area contributed by atoms with E-state index in [0.717, 1.165) is 0 Å². The maximum Gasteiger partial charge on any atom is 0.0408 e. The smallest absolute Gasteiger partial charge is 0.0408 e. The Labute approximate surface area is 748 Å². The Morgan fingerprint density at radius 1 is 0.232 bits per heavy atom. The van der Waals surface area contributed by atoms with Crippen molar-refractivity contribution < 1.29 is 0 Å². The number of nitrogens with zero attached hydrogens (tertiary/aromatic N) is 5. The Balaban J connectivity index is 0.000000112. The highest BCUT2D eigenvalue weighted by atomic mass is 15.1. The Morgan fingerprint density at radius 3 is 0.696 bits per heavy atom. The summed E-state index contributed by atoms with van der Waals surface area (Å²) in [5, 5.41) is 0. The first-order valence-electron chi connectivity index (χ1n) is 46.4. The minimum absolute atomic E-state index is 0.396. The zero-order valence-corrected chi connectivity index (χ0v) is 75.9. The molecule has 0 amide bonds. The van der Waals surface area contributed by atoms with Crippen LogP contribution in [-0.2, 0) is 0 Å². The molecule has 11 aromatic carbocycles. The molecule has 15 aliphatic carbocycles.